The van der Waals surface area contributed by atoms with Crippen LogP contribution < -0.4 is 5.32 Å². The van der Waals surface area contributed by atoms with Crippen LogP contribution in [0.1, 0.15) is 40.7 Å². The van der Waals surface area contributed by atoms with Gasteiger partial charge < -0.3 is 9.32 Å². The number of rotatable bonds is 6. The maximum atomic E-state index is 13.4. The summed E-state index contributed by atoms with van der Waals surface area (Å²) in [5, 5.41) is 7.68. The maximum absolute atomic E-state index is 13.4. The number of aromatic nitrogens is 1. The number of amides is 2. The van der Waals surface area contributed by atoms with Gasteiger partial charge in [0.15, 0.2) is 5.13 Å². The summed E-state index contributed by atoms with van der Waals surface area (Å²) in [6.07, 6.45) is 7.30. The van der Waals surface area contributed by atoms with Crippen molar-refractivity contribution in [3.05, 3.63) is 63.2 Å². The minimum atomic E-state index is -0.262. The van der Waals surface area contributed by atoms with Gasteiger partial charge in [0.05, 0.1) is 17.9 Å². The molecule has 0 saturated carbocycles. The standard InChI is InChI=1S/C24H26N4O3S2/c29-21(7-6-18-3-2-13-31-18)25-24-26-22-19(4-1-5-20(22)33-24)23(30)28-11-9-27(10-12-28)15-17-8-14-32-16-17/h2-3,6-8,13-14,16,19H,1,4-5,9-12,15H2,(H,25,26,29)/b7-6+. The molecular weight excluding hydrogens is 456 g/mol. The zero-order valence-electron chi connectivity index (χ0n) is 18.2. The number of hydrogen-bond donors (Lipinski definition) is 1. The van der Waals surface area contributed by atoms with E-state index in [1.807, 2.05) is 4.90 Å². The lowest BCUT2D eigenvalue weighted by atomic mass is 9.89. The molecule has 1 unspecified atom stereocenters. The predicted octanol–water partition coefficient (Wildman–Crippen LogP) is 4.21. The summed E-state index contributed by atoms with van der Waals surface area (Å²) in [5.41, 5.74) is 2.19. The van der Waals surface area contributed by atoms with Crippen molar-refractivity contribution in [2.45, 2.75) is 31.7 Å². The molecule has 0 radical (unpaired) electrons. The third-order valence-corrected chi connectivity index (χ3v) is 7.87. The number of carbonyl (C=O) groups excluding carboxylic acids is 2. The van der Waals surface area contributed by atoms with Crippen molar-refractivity contribution in [1.29, 1.82) is 0 Å². The summed E-state index contributed by atoms with van der Waals surface area (Å²) in [7, 11) is 0. The summed E-state index contributed by atoms with van der Waals surface area (Å²) in [4.78, 5) is 35.8. The lowest BCUT2D eigenvalue weighted by Crippen LogP contribution is -2.49. The lowest BCUT2D eigenvalue weighted by molar-refractivity contribution is -0.135. The number of anilines is 1. The minimum absolute atomic E-state index is 0.173. The van der Waals surface area contributed by atoms with E-state index in [9.17, 15) is 9.59 Å². The van der Waals surface area contributed by atoms with E-state index in [1.54, 1.807) is 35.8 Å². The normalized spacial score (nSPS) is 19.0. The van der Waals surface area contributed by atoms with Crippen LogP contribution in [0.3, 0.4) is 0 Å². The number of nitrogens with zero attached hydrogens (tertiary/aromatic N) is 3. The topological polar surface area (TPSA) is 78.7 Å². The second kappa shape index (κ2) is 10.0. The number of furan rings is 1. The van der Waals surface area contributed by atoms with Gasteiger partial charge in [-0.2, -0.15) is 11.3 Å². The first kappa shape index (κ1) is 22.1. The van der Waals surface area contributed by atoms with E-state index >= 15 is 0 Å². The molecular formula is C24H26N4O3S2. The van der Waals surface area contributed by atoms with Crippen molar-refractivity contribution in [3.8, 4) is 0 Å². The van der Waals surface area contributed by atoms with Gasteiger partial charge in [-0.15, -0.1) is 11.3 Å². The molecule has 2 aliphatic rings. The highest BCUT2D eigenvalue weighted by molar-refractivity contribution is 7.16. The molecule has 4 heterocycles. The van der Waals surface area contributed by atoms with Crippen molar-refractivity contribution in [2.75, 3.05) is 31.5 Å². The number of aryl methyl sites for hydroxylation is 1. The third-order valence-electron chi connectivity index (χ3n) is 6.09. The highest BCUT2D eigenvalue weighted by atomic mass is 32.1. The first-order valence-corrected chi connectivity index (χ1v) is 13.0. The average Bonchev–Trinajstić information content (AvgIpc) is 3.59. The highest BCUT2D eigenvalue weighted by Gasteiger charge is 2.34. The lowest BCUT2D eigenvalue weighted by Gasteiger charge is -2.36. The van der Waals surface area contributed by atoms with Crippen molar-refractivity contribution in [1.82, 2.24) is 14.8 Å². The van der Waals surface area contributed by atoms with Gasteiger partial charge in [-0.1, -0.05) is 0 Å². The molecule has 172 valence electrons. The molecule has 1 N–H and O–H groups in total. The number of fused-ring (bicyclic) bond motifs is 1. The zero-order valence-corrected chi connectivity index (χ0v) is 19.9. The molecule has 1 aliphatic carbocycles. The van der Waals surface area contributed by atoms with Gasteiger partial charge in [0, 0.05) is 43.7 Å². The second-order valence-corrected chi connectivity index (χ2v) is 10.2. The van der Waals surface area contributed by atoms with Crippen LogP contribution in [0.4, 0.5) is 5.13 Å². The van der Waals surface area contributed by atoms with Crippen LogP contribution in [0.15, 0.2) is 45.7 Å². The fraction of sp³-hybridized carbons (Fsp3) is 0.375. The Balaban J connectivity index is 1.20. The highest BCUT2D eigenvalue weighted by Crippen LogP contribution is 2.38. The largest absolute Gasteiger partial charge is 0.465 e. The number of thiophene rings is 1. The summed E-state index contributed by atoms with van der Waals surface area (Å²) in [6, 6.07) is 5.72. The van der Waals surface area contributed by atoms with Gasteiger partial charge in [-0.3, -0.25) is 19.8 Å². The Bertz CT molecular complexity index is 1110. The molecule has 3 aromatic rings. The van der Waals surface area contributed by atoms with Gasteiger partial charge >= 0.3 is 0 Å². The molecule has 2 amide bonds. The first-order chi connectivity index (χ1) is 16.2. The summed E-state index contributed by atoms with van der Waals surface area (Å²) in [6.45, 7) is 4.23. The van der Waals surface area contributed by atoms with E-state index in [0.717, 1.165) is 62.6 Å². The molecule has 0 spiro atoms. The smallest absolute Gasteiger partial charge is 0.250 e. The van der Waals surface area contributed by atoms with E-state index in [-0.39, 0.29) is 17.7 Å². The number of carbonyl (C=O) groups is 2. The molecule has 5 rings (SSSR count). The van der Waals surface area contributed by atoms with E-state index in [0.29, 0.717) is 10.9 Å². The van der Waals surface area contributed by atoms with Gasteiger partial charge in [0.2, 0.25) is 11.8 Å². The summed E-state index contributed by atoms with van der Waals surface area (Å²) < 4.78 is 5.21. The van der Waals surface area contributed by atoms with Crippen LogP contribution in [0.2, 0.25) is 0 Å². The molecule has 3 aromatic heterocycles. The maximum Gasteiger partial charge on any atom is 0.250 e. The van der Waals surface area contributed by atoms with Crippen molar-refractivity contribution < 1.29 is 14.0 Å². The van der Waals surface area contributed by atoms with Gasteiger partial charge in [0.1, 0.15) is 5.76 Å². The fourth-order valence-electron chi connectivity index (χ4n) is 4.39. The Morgan fingerprint density at radius 3 is 2.88 bits per heavy atom. The van der Waals surface area contributed by atoms with Crippen LogP contribution in [0.5, 0.6) is 0 Å². The Morgan fingerprint density at radius 2 is 2.12 bits per heavy atom. The number of nitrogens with one attached hydrogen (secondary N) is 1. The molecule has 1 fully saturated rings. The second-order valence-electron chi connectivity index (χ2n) is 8.34. The minimum Gasteiger partial charge on any atom is -0.465 e. The Hall–Kier alpha value is -2.75. The number of hydrogen-bond acceptors (Lipinski definition) is 7. The van der Waals surface area contributed by atoms with Crippen molar-refractivity contribution in [3.63, 3.8) is 0 Å². The SMILES string of the molecule is O=C(/C=C/c1ccco1)Nc1nc2c(s1)CCCC2C(=O)N1CCN(Cc2ccsc2)CC1. The van der Waals surface area contributed by atoms with Crippen LogP contribution >= 0.6 is 22.7 Å². The van der Waals surface area contributed by atoms with Crippen molar-refractivity contribution in [2.24, 2.45) is 0 Å². The molecule has 33 heavy (non-hydrogen) atoms. The molecule has 1 atom stereocenters. The zero-order chi connectivity index (χ0) is 22.6. The summed E-state index contributed by atoms with van der Waals surface area (Å²) in [5.74, 6) is 0.316. The van der Waals surface area contributed by atoms with Crippen LogP contribution in [-0.2, 0) is 22.6 Å². The molecule has 1 saturated heterocycles. The molecule has 1 aliphatic heterocycles. The fourth-order valence-corrected chi connectivity index (χ4v) is 6.12. The molecule has 0 aromatic carbocycles. The van der Waals surface area contributed by atoms with Crippen LogP contribution in [0.25, 0.3) is 6.08 Å². The average molecular weight is 483 g/mol. The summed E-state index contributed by atoms with van der Waals surface area (Å²) >= 11 is 3.20. The monoisotopic (exact) mass is 482 g/mol. The predicted molar refractivity (Wildman–Crippen MR) is 130 cm³/mol. The quantitative estimate of drug-likeness (QED) is 0.533. The van der Waals surface area contributed by atoms with Crippen LogP contribution in [0, 0.1) is 0 Å². The van der Waals surface area contributed by atoms with E-state index < -0.39 is 0 Å². The molecule has 9 heteroatoms. The molecule has 7 nitrogen and oxygen atoms in total. The number of thiazole rings is 1. The Morgan fingerprint density at radius 1 is 1.24 bits per heavy atom. The van der Waals surface area contributed by atoms with Gasteiger partial charge in [-0.05, 0) is 59.9 Å². The first-order valence-electron chi connectivity index (χ1n) is 11.2. The van der Waals surface area contributed by atoms with Gasteiger partial charge in [0.25, 0.3) is 0 Å². The number of piperazine rings is 1. The Labute approximate surface area is 200 Å². The Kier molecular flexibility index (Phi) is 6.70. The van der Waals surface area contributed by atoms with Crippen molar-refractivity contribution >= 4 is 45.7 Å². The van der Waals surface area contributed by atoms with Crippen LogP contribution in [-0.4, -0.2) is 52.8 Å². The van der Waals surface area contributed by atoms with E-state index in [4.69, 9.17) is 4.42 Å². The van der Waals surface area contributed by atoms with E-state index in [2.05, 4.69) is 32.0 Å². The van der Waals surface area contributed by atoms with E-state index in [1.165, 1.54) is 23.0 Å². The molecule has 0 bridgehead atoms. The third kappa shape index (κ3) is 5.26. The van der Waals surface area contributed by atoms with Gasteiger partial charge in [-0.25, -0.2) is 4.98 Å².